The second kappa shape index (κ2) is 9.55. The first kappa shape index (κ1) is 20.8. The molecule has 0 radical (unpaired) electrons. The Labute approximate surface area is 173 Å². The van der Waals surface area contributed by atoms with Crippen molar-refractivity contribution < 1.29 is 9.59 Å². The molecule has 1 N–H and O–H groups in total. The Bertz CT molecular complexity index is 835. The third-order valence-corrected chi connectivity index (χ3v) is 5.87. The molecule has 3 rings (SSSR count). The third-order valence-electron chi connectivity index (χ3n) is 5.87. The number of amides is 2. The van der Waals surface area contributed by atoms with Crippen LogP contribution in [0.5, 0.6) is 0 Å². The van der Waals surface area contributed by atoms with E-state index < -0.39 is 5.41 Å². The highest BCUT2D eigenvalue weighted by molar-refractivity contribution is 5.84. The average molecular weight is 391 g/mol. The minimum atomic E-state index is -0.484. The molecular formula is C25H30N2O2. The summed E-state index contributed by atoms with van der Waals surface area (Å²) >= 11 is 0. The van der Waals surface area contributed by atoms with E-state index in [9.17, 15) is 9.59 Å². The van der Waals surface area contributed by atoms with Crippen LogP contribution in [0.25, 0.3) is 11.1 Å². The van der Waals surface area contributed by atoms with Gasteiger partial charge in [-0.3, -0.25) is 9.59 Å². The number of hydrogen-bond acceptors (Lipinski definition) is 2. The van der Waals surface area contributed by atoms with Crippen LogP contribution in [0.1, 0.15) is 31.7 Å². The second-order valence-electron chi connectivity index (χ2n) is 7.75. The summed E-state index contributed by atoms with van der Waals surface area (Å²) in [5.41, 5.74) is 3.02. The summed E-state index contributed by atoms with van der Waals surface area (Å²) in [5, 5.41) is 3.00. The van der Waals surface area contributed by atoms with Gasteiger partial charge in [0.1, 0.15) is 0 Å². The summed E-state index contributed by atoms with van der Waals surface area (Å²) in [4.78, 5) is 27.0. The van der Waals surface area contributed by atoms with Crippen LogP contribution in [0.15, 0.2) is 67.3 Å². The van der Waals surface area contributed by atoms with Crippen molar-refractivity contribution in [1.29, 1.82) is 0 Å². The predicted octanol–water partition coefficient (Wildman–Crippen LogP) is 4.22. The molecule has 2 amide bonds. The fraction of sp³-hybridized carbons (Fsp3) is 0.360. The Kier molecular flexibility index (Phi) is 6.86. The molecule has 2 aromatic rings. The Morgan fingerprint density at radius 3 is 2.24 bits per heavy atom. The number of nitrogens with zero attached hydrogens (tertiary/aromatic N) is 1. The van der Waals surface area contributed by atoms with Crippen LogP contribution < -0.4 is 5.32 Å². The standard InChI is InChI=1S/C25H30N2O2/c1-3-16-26-24(29)25(14-17-27(18-15-25)23(28)4-2)19-20-10-12-22(13-11-20)21-8-6-5-7-9-21/h3,5-13H,1,4,14-19H2,2H3,(H,26,29). The van der Waals surface area contributed by atoms with Gasteiger partial charge in [-0.25, -0.2) is 0 Å². The first-order valence-electron chi connectivity index (χ1n) is 10.4. The first-order valence-corrected chi connectivity index (χ1v) is 10.4. The number of likely N-dealkylation sites (tertiary alicyclic amines) is 1. The summed E-state index contributed by atoms with van der Waals surface area (Å²) in [6.07, 6.45) is 4.26. The molecule has 4 heteroatoms. The van der Waals surface area contributed by atoms with Gasteiger partial charge in [-0.2, -0.15) is 0 Å². The molecule has 2 aromatic carbocycles. The Hall–Kier alpha value is -2.88. The van der Waals surface area contributed by atoms with Crippen LogP contribution in [-0.2, 0) is 16.0 Å². The van der Waals surface area contributed by atoms with Crippen molar-refractivity contribution in [3.8, 4) is 11.1 Å². The molecule has 1 aliphatic rings. The lowest BCUT2D eigenvalue weighted by Gasteiger charge is -2.41. The van der Waals surface area contributed by atoms with E-state index in [1.54, 1.807) is 6.08 Å². The molecule has 1 fully saturated rings. The van der Waals surface area contributed by atoms with Crippen LogP contribution in [0, 0.1) is 5.41 Å². The van der Waals surface area contributed by atoms with Gasteiger partial charge >= 0.3 is 0 Å². The lowest BCUT2D eigenvalue weighted by Crippen LogP contribution is -2.51. The van der Waals surface area contributed by atoms with Gasteiger partial charge in [0.15, 0.2) is 0 Å². The summed E-state index contributed by atoms with van der Waals surface area (Å²) < 4.78 is 0. The molecule has 1 saturated heterocycles. The number of nitrogens with one attached hydrogen (secondary N) is 1. The molecule has 29 heavy (non-hydrogen) atoms. The zero-order valence-corrected chi connectivity index (χ0v) is 17.2. The number of benzene rings is 2. The molecule has 0 aromatic heterocycles. The minimum Gasteiger partial charge on any atom is -0.352 e. The topological polar surface area (TPSA) is 49.4 Å². The summed E-state index contributed by atoms with van der Waals surface area (Å²) in [7, 11) is 0. The molecule has 1 heterocycles. The van der Waals surface area contributed by atoms with Crippen LogP contribution in [0.3, 0.4) is 0 Å². The van der Waals surface area contributed by atoms with Gasteiger partial charge in [0.2, 0.25) is 11.8 Å². The zero-order valence-electron chi connectivity index (χ0n) is 17.2. The van der Waals surface area contributed by atoms with Crippen LogP contribution in [0.4, 0.5) is 0 Å². The molecule has 0 saturated carbocycles. The maximum atomic E-state index is 13.1. The van der Waals surface area contributed by atoms with E-state index in [2.05, 4.69) is 48.3 Å². The first-order chi connectivity index (χ1) is 14.1. The van der Waals surface area contributed by atoms with Crippen LogP contribution in [0.2, 0.25) is 0 Å². The lowest BCUT2D eigenvalue weighted by atomic mass is 9.72. The van der Waals surface area contributed by atoms with Gasteiger partial charge < -0.3 is 10.2 Å². The van der Waals surface area contributed by atoms with E-state index in [4.69, 9.17) is 0 Å². The highest BCUT2D eigenvalue weighted by atomic mass is 16.2. The maximum absolute atomic E-state index is 13.1. The van der Waals surface area contributed by atoms with E-state index in [1.165, 1.54) is 11.1 Å². The fourth-order valence-corrected chi connectivity index (χ4v) is 4.08. The fourth-order valence-electron chi connectivity index (χ4n) is 4.08. The second-order valence-corrected chi connectivity index (χ2v) is 7.75. The highest BCUT2D eigenvalue weighted by Crippen LogP contribution is 2.36. The monoisotopic (exact) mass is 390 g/mol. The number of hydrogen-bond donors (Lipinski definition) is 1. The Morgan fingerprint density at radius 2 is 1.66 bits per heavy atom. The molecular weight excluding hydrogens is 360 g/mol. The smallest absolute Gasteiger partial charge is 0.226 e. The molecule has 0 unspecified atom stereocenters. The summed E-state index contributed by atoms with van der Waals surface area (Å²) in [5.74, 6) is 0.227. The zero-order chi connectivity index (χ0) is 20.7. The largest absolute Gasteiger partial charge is 0.352 e. The van der Waals surface area contributed by atoms with Gasteiger partial charge in [0.05, 0.1) is 5.41 Å². The van der Waals surface area contributed by atoms with Gasteiger partial charge in [0, 0.05) is 26.1 Å². The van der Waals surface area contributed by atoms with E-state index in [1.807, 2.05) is 30.0 Å². The Balaban J connectivity index is 1.77. The van der Waals surface area contributed by atoms with Gasteiger partial charge in [0.25, 0.3) is 0 Å². The molecule has 0 bridgehead atoms. The summed E-state index contributed by atoms with van der Waals surface area (Å²) in [6, 6.07) is 18.8. The molecule has 4 nitrogen and oxygen atoms in total. The van der Waals surface area contributed by atoms with Crippen molar-refractivity contribution in [3.05, 3.63) is 72.8 Å². The maximum Gasteiger partial charge on any atom is 0.226 e. The highest BCUT2D eigenvalue weighted by Gasteiger charge is 2.41. The van der Waals surface area contributed by atoms with Crippen molar-refractivity contribution in [1.82, 2.24) is 10.2 Å². The van der Waals surface area contributed by atoms with E-state index >= 15 is 0 Å². The average Bonchev–Trinajstić information content (AvgIpc) is 2.78. The molecule has 0 atom stereocenters. The van der Waals surface area contributed by atoms with E-state index in [0.717, 1.165) is 5.56 Å². The lowest BCUT2D eigenvalue weighted by molar-refractivity contribution is -0.140. The molecule has 1 aliphatic heterocycles. The van der Waals surface area contributed by atoms with Crippen LogP contribution >= 0.6 is 0 Å². The number of piperidine rings is 1. The van der Waals surface area contributed by atoms with Gasteiger partial charge in [-0.1, -0.05) is 67.6 Å². The number of carbonyl (C=O) groups excluding carboxylic acids is 2. The Morgan fingerprint density at radius 1 is 1.03 bits per heavy atom. The molecule has 0 spiro atoms. The normalized spacial score (nSPS) is 15.6. The van der Waals surface area contributed by atoms with Crippen molar-refractivity contribution in [3.63, 3.8) is 0 Å². The predicted molar refractivity (Wildman–Crippen MR) is 117 cm³/mol. The minimum absolute atomic E-state index is 0.0631. The van der Waals surface area contributed by atoms with Crippen molar-refractivity contribution in [2.45, 2.75) is 32.6 Å². The number of carbonyl (C=O) groups is 2. The van der Waals surface area contributed by atoms with E-state index in [0.29, 0.717) is 45.3 Å². The number of rotatable bonds is 7. The van der Waals surface area contributed by atoms with Crippen LogP contribution in [-0.4, -0.2) is 36.3 Å². The third kappa shape index (κ3) is 4.94. The van der Waals surface area contributed by atoms with Gasteiger partial charge in [-0.05, 0) is 36.0 Å². The van der Waals surface area contributed by atoms with Crippen molar-refractivity contribution in [2.75, 3.05) is 19.6 Å². The van der Waals surface area contributed by atoms with Crippen molar-refractivity contribution >= 4 is 11.8 Å². The molecule has 0 aliphatic carbocycles. The SMILES string of the molecule is C=CCNC(=O)C1(Cc2ccc(-c3ccccc3)cc2)CCN(C(=O)CC)CC1. The molecule has 152 valence electrons. The van der Waals surface area contributed by atoms with Crippen molar-refractivity contribution in [2.24, 2.45) is 5.41 Å². The van der Waals surface area contributed by atoms with Gasteiger partial charge in [-0.15, -0.1) is 6.58 Å². The quantitative estimate of drug-likeness (QED) is 0.720. The summed E-state index contributed by atoms with van der Waals surface area (Å²) in [6.45, 7) is 7.32. The van der Waals surface area contributed by atoms with E-state index in [-0.39, 0.29) is 11.8 Å².